The van der Waals surface area contributed by atoms with Gasteiger partial charge in [-0.25, -0.2) is 9.37 Å². The van der Waals surface area contributed by atoms with E-state index in [2.05, 4.69) is 24.1 Å². The Kier molecular flexibility index (Phi) is 2.91. The summed E-state index contributed by atoms with van der Waals surface area (Å²) in [5.74, 6) is 0.580. The first kappa shape index (κ1) is 12.0. The van der Waals surface area contributed by atoms with Crippen LogP contribution in [0.25, 0.3) is 11.0 Å². The largest absolute Gasteiger partial charge is 0.329 e. The first-order chi connectivity index (χ1) is 7.97. The van der Waals surface area contributed by atoms with Crippen molar-refractivity contribution in [3.05, 3.63) is 29.8 Å². The molecule has 3 nitrogen and oxygen atoms in total. The van der Waals surface area contributed by atoms with Gasteiger partial charge in [-0.15, -0.1) is 0 Å². The molecule has 0 amide bonds. The van der Waals surface area contributed by atoms with Gasteiger partial charge in [-0.2, -0.15) is 0 Å². The van der Waals surface area contributed by atoms with Crippen LogP contribution in [0.5, 0.6) is 0 Å². The molecule has 1 N–H and O–H groups in total. The van der Waals surface area contributed by atoms with E-state index in [9.17, 15) is 4.39 Å². The van der Waals surface area contributed by atoms with E-state index < -0.39 is 0 Å². The normalized spacial score (nSPS) is 12.3. The third-order valence-corrected chi connectivity index (χ3v) is 3.04. The van der Waals surface area contributed by atoms with E-state index in [1.165, 1.54) is 6.07 Å². The van der Waals surface area contributed by atoms with Crippen molar-refractivity contribution in [1.82, 2.24) is 14.9 Å². The number of rotatable bonds is 3. The maximum atomic E-state index is 13.7. The summed E-state index contributed by atoms with van der Waals surface area (Å²) in [5.41, 5.74) is 0.997. The summed E-state index contributed by atoms with van der Waals surface area (Å²) >= 11 is 0. The van der Waals surface area contributed by atoms with Crippen LogP contribution in [0.2, 0.25) is 0 Å². The van der Waals surface area contributed by atoms with Crippen molar-refractivity contribution in [3.63, 3.8) is 0 Å². The Balaban J connectivity index is 2.64. The molecule has 0 saturated heterocycles. The van der Waals surface area contributed by atoms with Crippen molar-refractivity contribution in [2.24, 2.45) is 7.05 Å². The highest BCUT2D eigenvalue weighted by Gasteiger charge is 2.26. The van der Waals surface area contributed by atoms with Crippen LogP contribution >= 0.6 is 0 Å². The van der Waals surface area contributed by atoms with Crippen molar-refractivity contribution in [3.8, 4) is 0 Å². The second-order valence-corrected chi connectivity index (χ2v) is 4.76. The van der Waals surface area contributed by atoms with E-state index in [0.29, 0.717) is 5.52 Å². The zero-order chi connectivity index (χ0) is 12.6. The highest BCUT2D eigenvalue weighted by atomic mass is 19.1. The van der Waals surface area contributed by atoms with Crippen molar-refractivity contribution in [2.75, 3.05) is 6.54 Å². The third kappa shape index (κ3) is 1.93. The summed E-state index contributed by atoms with van der Waals surface area (Å²) in [6.45, 7) is 6.99. The summed E-state index contributed by atoms with van der Waals surface area (Å²) in [6, 6.07) is 5.04. The van der Waals surface area contributed by atoms with Crippen LogP contribution in [0, 0.1) is 5.82 Å². The quantitative estimate of drug-likeness (QED) is 0.886. The van der Waals surface area contributed by atoms with Crippen molar-refractivity contribution in [1.29, 1.82) is 0 Å². The number of halogens is 1. The van der Waals surface area contributed by atoms with E-state index in [4.69, 9.17) is 0 Å². The van der Waals surface area contributed by atoms with Crippen LogP contribution in [0.4, 0.5) is 4.39 Å². The van der Waals surface area contributed by atoms with Crippen molar-refractivity contribution < 1.29 is 4.39 Å². The lowest BCUT2D eigenvalue weighted by molar-refractivity contribution is 0.382. The number of imidazole rings is 1. The zero-order valence-electron chi connectivity index (χ0n) is 10.7. The number of aromatic nitrogens is 2. The number of hydrogen-bond acceptors (Lipinski definition) is 2. The van der Waals surface area contributed by atoms with E-state index in [1.807, 2.05) is 24.6 Å². The number of fused-ring (bicyclic) bond motifs is 1. The number of para-hydroxylation sites is 1. The van der Waals surface area contributed by atoms with Gasteiger partial charge in [0.1, 0.15) is 11.3 Å². The molecule has 1 heterocycles. The van der Waals surface area contributed by atoms with Gasteiger partial charge in [-0.05, 0) is 32.5 Å². The Morgan fingerprint density at radius 1 is 1.41 bits per heavy atom. The second-order valence-electron chi connectivity index (χ2n) is 4.76. The van der Waals surface area contributed by atoms with Gasteiger partial charge in [0.05, 0.1) is 11.1 Å². The van der Waals surface area contributed by atoms with Gasteiger partial charge in [-0.3, -0.25) is 0 Å². The maximum Gasteiger partial charge on any atom is 0.151 e. The minimum atomic E-state index is -0.269. The molecule has 1 aromatic carbocycles. The van der Waals surface area contributed by atoms with Crippen LogP contribution in [0.15, 0.2) is 18.2 Å². The fraction of sp³-hybridized carbons (Fsp3) is 0.462. The van der Waals surface area contributed by atoms with Gasteiger partial charge in [0.15, 0.2) is 5.82 Å². The SMILES string of the molecule is CCNC(C)(C)c1nc2c(F)cccc2n1C. The summed E-state index contributed by atoms with van der Waals surface area (Å²) < 4.78 is 15.6. The fourth-order valence-electron chi connectivity index (χ4n) is 2.26. The maximum absolute atomic E-state index is 13.7. The van der Waals surface area contributed by atoms with Gasteiger partial charge < -0.3 is 9.88 Å². The standard InChI is InChI=1S/C13H18FN3/c1-5-15-13(2,3)12-16-11-9(14)7-6-8-10(11)17(12)4/h6-8,15H,5H2,1-4H3. The summed E-state index contributed by atoms with van der Waals surface area (Å²) in [5, 5.41) is 3.35. The van der Waals surface area contributed by atoms with Crippen LogP contribution in [0.1, 0.15) is 26.6 Å². The molecule has 0 unspecified atom stereocenters. The minimum Gasteiger partial charge on any atom is -0.329 e. The molecule has 1 aromatic heterocycles. The van der Waals surface area contributed by atoms with Gasteiger partial charge in [0.2, 0.25) is 0 Å². The Morgan fingerprint density at radius 3 is 2.71 bits per heavy atom. The Hall–Kier alpha value is -1.42. The summed E-state index contributed by atoms with van der Waals surface area (Å²) in [7, 11) is 1.92. The van der Waals surface area contributed by atoms with Crippen LogP contribution in [0.3, 0.4) is 0 Å². The lowest BCUT2D eigenvalue weighted by Gasteiger charge is -2.25. The number of nitrogens with zero attached hydrogens (tertiary/aromatic N) is 2. The molecule has 2 aromatic rings. The minimum absolute atomic E-state index is 0.267. The molecular formula is C13H18FN3. The van der Waals surface area contributed by atoms with Crippen LogP contribution in [-0.4, -0.2) is 16.1 Å². The molecule has 0 fully saturated rings. The molecule has 0 radical (unpaired) electrons. The summed E-state index contributed by atoms with van der Waals surface area (Å²) in [6.07, 6.45) is 0. The molecule has 4 heteroatoms. The Labute approximate surface area is 101 Å². The van der Waals surface area contributed by atoms with Crippen molar-refractivity contribution in [2.45, 2.75) is 26.3 Å². The molecule has 2 rings (SSSR count). The topological polar surface area (TPSA) is 29.9 Å². The monoisotopic (exact) mass is 235 g/mol. The Morgan fingerprint density at radius 2 is 2.12 bits per heavy atom. The number of benzene rings is 1. The molecule has 0 aliphatic carbocycles. The van der Waals surface area contributed by atoms with Gasteiger partial charge in [-0.1, -0.05) is 13.0 Å². The highest BCUT2D eigenvalue weighted by molar-refractivity contribution is 5.76. The fourth-order valence-corrected chi connectivity index (χ4v) is 2.26. The zero-order valence-corrected chi connectivity index (χ0v) is 10.7. The Bertz CT molecular complexity index is 543. The number of nitrogens with one attached hydrogen (secondary N) is 1. The average molecular weight is 235 g/mol. The molecular weight excluding hydrogens is 217 g/mol. The molecule has 0 atom stereocenters. The predicted octanol–water partition coefficient (Wildman–Crippen LogP) is 2.56. The lowest BCUT2D eigenvalue weighted by Crippen LogP contribution is -2.38. The molecule has 0 aliphatic rings. The van der Waals surface area contributed by atoms with Crippen LogP contribution < -0.4 is 5.32 Å². The number of aryl methyl sites for hydroxylation is 1. The van der Waals surface area contributed by atoms with E-state index in [1.54, 1.807) is 6.07 Å². The van der Waals surface area contributed by atoms with E-state index >= 15 is 0 Å². The van der Waals surface area contributed by atoms with Gasteiger partial charge in [0, 0.05) is 7.05 Å². The first-order valence-electron chi connectivity index (χ1n) is 5.84. The van der Waals surface area contributed by atoms with Gasteiger partial charge in [0.25, 0.3) is 0 Å². The molecule has 0 aliphatic heterocycles. The van der Waals surface area contributed by atoms with Gasteiger partial charge >= 0.3 is 0 Å². The lowest BCUT2D eigenvalue weighted by atomic mass is 10.1. The molecule has 0 bridgehead atoms. The van der Waals surface area contributed by atoms with E-state index in [0.717, 1.165) is 17.9 Å². The predicted molar refractivity (Wildman–Crippen MR) is 67.4 cm³/mol. The molecule has 0 spiro atoms. The molecule has 0 saturated carbocycles. The van der Waals surface area contributed by atoms with Crippen LogP contribution in [-0.2, 0) is 12.6 Å². The molecule has 92 valence electrons. The van der Waals surface area contributed by atoms with Crippen molar-refractivity contribution >= 4 is 11.0 Å². The number of hydrogen-bond donors (Lipinski definition) is 1. The average Bonchev–Trinajstić information content (AvgIpc) is 2.59. The molecule has 17 heavy (non-hydrogen) atoms. The summed E-state index contributed by atoms with van der Waals surface area (Å²) in [4.78, 5) is 4.43. The first-order valence-corrected chi connectivity index (χ1v) is 5.84. The highest BCUT2D eigenvalue weighted by Crippen LogP contribution is 2.25. The third-order valence-electron chi connectivity index (χ3n) is 3.04. The van der Waals surface area contributed by atoms with E-state index in [-0.39, 0.29) is 11.4 Å². The smallest absolute Gasteiger partial charge is 0.151 e. The second kappa shape index (κ2) is 4.11.